The number of benzene rings is 2. The van der Waals surface area contributed by atoms with E-state index >= 15 is 0 Å². The highest BCUT2D eigenvalue weighted by molar-refractivity contribution is 7.11. The number of carbonyl (C=O) groups is 1. The van der Waals surface area contributed by atoms with Crippen LogP contribution < -0.4 is 9.64 Å². The van der Waals surface area contributed by atoms with Crippen LogP contribution in [0.4, 0.5) is 5.00 Å². The Labute approximate surface area is 172 Å². The molecule has 1 aromatic heterocycles. The summed E-state index contributed by atoms with van der Waals surface area (Å²) in [7, 11) is 1.66. The highest BCUT2D eigenvalue weighted by atomic mass is 35.5. The van der Waals surface area contributed by atoms with Crippen LogP contribution in [-0.2, 0) is 4.79 Å². The number of fused-ring (bicyclic) bond motifs is 1. The van der Waals surface area contributed by atoms with Crippen molar-refractivity contribution in [2.45, 2.75) is 0 Å². The molecule has 28 heavy (non-hydrogen) atoms. The highest BCUT2D eigenvalue weighted by Crippen LogP contribution is 2.41. The second-order valence-electron chi connectivity index (χ2n) is 6.55. The standard InChI is InChI=1S/C21H20ClN3O2S/c1-3-20(26)24-8-10-25(11-9-24)21-16-12-17(22)15(13-18(16)23-28-21)14-6-4-5-7-19(14)27-2/h3-7,12-13H,1,8-11H2,2H3. The molecule has 1 aliphatic heterocycles. The second-order valence-corrected chi connectivity index (χ2v) is 7.71. The Bertz CT molecular complexity index is 1040. The Kier molecular flexibility index (Phi) is 5.24. The van der Waals surface area contributed by atoms with Crippen molar-refractivity contribution in [3.8, 4) is 16.9 Å². The second kappa shape index (κ2) is 7.81. The molecular weight excluding hydrogens is 394 g/mol. The number of methoxy groups -OCH3 is 1. The van der Waals surface area contributed by atoms with Gasteiger partial charge in [-0.05, 0) is 35.8 Å². The first-order valence-electron chi connectivity index (χ1n) is 9.01. The third-order valence-corrected chi connectivity index (χ3v) is 6.25. The fraction of sp³-hybridized carbons (Fsp3) is 0.238. The first-order chi connectivity index (χ1) is 13.6. The molecule has 0 bridgehead atoms. The molecule has 1 fully saturated rings. The van der Waals surface area contributed by atoms with Crippen molar-refractivity contribution in [3.63, 3.8) is 0 Å². The SMILES string of the molecule is C=CC(=O)N1CCN(c2snc3cc(-c4ccccc4OC)c(Cl)cc23)CC1. The minimum Gasteiger partial charge on any atom is -0.496 e. The number of rotatable bonds is 4. The number of anilines is 1. The molecule has 1 aliphatic rings. The molecule has 0 unspecified atom stereocenters. The van der Waals surface area contributed by atoms with E-state index in [-0.39, 0.29) is 5.91 Å². The fourth-order valence-electron chi connectivity index (χ4n) is 3.51. The summed E-state index contributed by atoms with van der Waals surface area (Å²) in [5.41, 5.74) is 2.77. The fourth-order valence-corrected chi connectivity index (χ4v) is 4.67. The number of nitrogens with zero attached hydrogens (tertiary/aromatic N) is 3. The highest BCUT2D eigenvalue weighted by Gasteiger charge is 2.23. The number of ether oxygens (including phenoxy) is 1. The van der Waals surface area contributed by atoms with E-state index in [0.29, 0.717) is 18.1 Å². The van der Waals surface area contributed by atoms with Crippen LogP contribution in [0.2, 0.25) is 5.02 Å². The van der Waals surface area contributed by atoms with Crippen molar-refractivity contribution < 1.29 is 9.53 Å². The quantitative estimate of drug-likeness (QED) is 0.592. The lowest BCUT2D eigenvalue weighted by molar-refractivity contribution is -0.126. The van der Waals surface area contributed by atoms with E-state index in [9.17, 15) is 4.79 Å². The van der Waals surface area contributed by atoms with Crippen LogP contribution in [-0.4, -0.2) is 48.5 Å². The minimum absolute atomic E-state index is 0.0155. The van der Waals surface area contributed by atoms with Crippen molar-refractivity contribution in [1.82, 2.24) is 9.27 Å². The summed E-state index contributed by atoms with van der Waals surface area (Å²) in [6, 6.07) is 11.8. The van der Waals surface area contributed by atoms with Gasteiger partial charge in [-0.15, -0.1) is 0 Å². The molecule has 0 N–H and O–H groups in total. The van der Waals surface area contributed by atoms with Gasteiger partial charge in [0.2, 0.25) is 5.91 Å². The topological polar surface area (TPSA) is 45.7 Å². The Hall–Kier alpha value is -2.57. The lowest BCUT2D eigenvalue weighted by atomic mass is 10.0. The maximum atomic E-state index is 11.8. The van der Waals surface area contributed by atoms with Crippen molar-refractivity contribution in [1.29, 1.82) is 0 Å². The van der Waals surface area contributed by atoms with Crippen molar-refractivity contribution in [3.05, 3.63) is 54.1 Å². The molecule has 2 heterocycles. The molecule has 144 valence electrons. The van der Waals surface area contributed by atoms with Crippen LogP contribution in [0.5, 0.6) is 5.75 Å². The summed E-state index contributed by atoms with van der Waals surface area (Å²) in [4.78, 5) is 15.9. The average molecular weight is 414 g/mol. The number of hydrogen-bond donors (Lipinski definition) is 0. The Balaban J connectivity index is 1.66. The van der Waals surface area contributed by atoms with Gasteiger partial charge >= 0.3 is 0 Å². The lowest BCUT2D eigenvalue weighted by Crippen LogP contribution is -2.48. The van der Waals surface area contributed by atoms with Crippen molar-refractivity contribution in [2.24, 2.45) is 0 Å². The van der Waals surface area contributed by atoms with Gasteiger partial charge in [-0.1, -0.05) is 36.4 Å². The summed E-state index contributed by atoms with van der Waals surface area (Å²) >= 11 is 8.13. The van der Waals surface area contributed by atoms with Gasteiger partial charge in [-0.3, -0.25) is 4.79 Å². The normalized spacial score (nSPS) is 14.4. The van der Waals surface area contributed by atoms with Gasteiger partial charge in [0.1, 0.15) is 10.8 Å². The third-order valence-electron chi connectivity index (χ3n) is 5.00. The van der Waals surface area contributed by atoms with Gasteiger partial charge in [-0.2, -0.15) is 4.37 Å². The summed E-state index contributed by atoms with van der Waals surface area (Å²) in [6.07, 6.45) is 1.37. The van der Waals surface area contributed by atoms with Crippen LogP contribution in [0.15, 0.2) is 49.1 Å². The summed E-state index contributed by atoms with van der Waals surface area (Å²) in [5, 5.41) is 2.80. The Morgan fingerprint density at radius 1 is 1.21 bits per heavy atom. The molecule has 0 aliphatic carbocycles. The molecule has 4 rings (SSSR count). The zero-order chi connectivity index (χ0) is 19.7. The van der Waals surface area contributed by atoms with Gasteiger partial charge in [-0.25, -0.2) is 0 Å². The van der Waals surface area contributed by atoms with E-state index < -0.39 is 0 Å². The zero-order valence-corrected chi connectivity index (χ0v) is 17.1. The zero-order valence-electron chi connectivity index (χ0n) is 15.5. The molecule has 5 nitrogen and oxygen atoms in total. The van der Waals surface area contributed by atoms with Crippen LogP contribution in [0, 0.1) is 0 Å². The maximum absolute atomic E-state index is 11.8. The molecule has 7 heteroatoms. The first-order valence-corrected chi connectivity index (χ1v) is 10.2. The number of aromatic nitrogens is 1. The predicted octanol–water partition coefficient (Wildman–Crippen LogP) is 4.46. The number of para-hydroxylation sites is 1. The van der Waals surface area contributed by atoms with Gasteiger partial charge < -0.3 is 14.5 Å². The molecule has 1 saturated heterocycles. The van der Waals surface area contributed by atoms with Gasteiger partial charge in [0.15, 0.2) is 0 Å². The minimum atomic E-state index is -0.0155. The molecule has 3 aromatic rings. The Morgan fingerprint density at radius 3 is 2.68 bits per heavy atom. The van der Waals surface area contributed by atoms with E-state index in [1.807, 2.05) is 41.3 Å². The van der Waals surface area contributed by atoms with Crippen molar-refractivity contribution >= 4 is 44.9 Å². The summed E-state index contributed by atoms with van der Waals surface area (Å²) in [6.45, 7) is 6.45. The number of amides is 1. The lowest BCUT2D eigenvalue weighted by Gasteiger charge is -2.34. The number of hydrogen-bond acceptors (Lipinski definition) is 5. The summed E-state index contributed by atoms with van der Waals surface area (Å²) in [5.74, 6) is 0.764. The third kappa shape index (κ3) is 3.34. The Morgan fingerprint density at radius 2 is 1.96 bits per heavy atom. The molecule has 0 saturated carbocycles. The van der Waals surface area contributed by atoms with Gasteiger partial charge in [0.25, 0.3) is 0 Å². The average Bonchev–Trinajstić information content (AvgIpc) is 3.15. The molecule has 0 radical (unpaired) electrons. The molecule has 0 spiro atoms. The van der Waals surface area contributed by atoms with Crippen LogP contribution in [0.3, 0.4) is 0 Å². The van der Waals surface area contributed by atoms with Crippen LogP contribution in [0.25, 0.3) is 22.0 Å². The van der Waals surface area contributed by atoms with E-state index in [1.54, 1.807) is 7.11 Å². The largest absolute Gasteiger partial charge is 0.496 e. The van der Waals surface area contributed by atoms with E-state index in [2.05, 4.69) is 15.9 Å². The van der Waals surface area contributed by atoms with Gasteiger partial charge in [0, 0.05) is 47.7 Å². The van der Waals surface area contributed by atoms with Crippen molar-refractivity contribution in [2.75, 3.05) is 38.2 Å². The smallest absolute Gasteiger partial charge is 0.246 e. The number of halogens is 1. The first kappa shape index (κ1) is 18.8. The van der Waals surface area contributed by atoms with E-state index in [0.717, 1.165) is 45.9 Å². The molecule has 1 amide bonds. The number of carbonyl (C=O) groups excluding carboxylic acids is 1. The molecule has 0 atom stereocenters. The number of piperazine rings is 1. The van der Waals surface area contributed by atoms with Crippen LogP contribution in [0.1, 0.15) is 0 Å². The monoisotopic (exact) mass is 413 g/mol. The van der Waals surface area contributed by atoms with E-state index in [1.165, 1.54) is 17.6 Å². The molecule has 2 aromatic carbocycles. The van der Waals surface area contributed by atoms with E-state index in [4.69, 9.17) is 16.3 Å². The predicted molar refractivity (Wildman–Crippen MR) is 116 cm³/mol. The van der Waals surface area contributed by atoms with Gasteiger partial charge in [0.05, 0.1) is 12.6 Å². The summed E-state index contributed by atoms with van der Waals surface area (Å²) < 4.78 is 10.1. The maximum Gasteiger partial charge on any atom is 0.246 e. The molecular formula is C21H20ClN3O2S. The van der Waals surface area contributed by atoms with Crippen LogP contribution >= 0.6 is 23.1 Å².